The van der Waals surface area contributed by atoms with Crippen LogP contribution in [0.4, 0.5) is 5.69 Å². The molecule has 1 amide bonds. The number of aromatic amines is 1. The first-order valence-corrected chi connectivity index (χ1v) is 8.15. The zero-order chi connectivity index (χ0) is 16.4. The molecule has 0 aliphatic carbocycles. The number of benzene rings is 2. The van der Waals surface area contributed by atoms with Gasteiger partial charge in [0.15, 0.2) is 0 Å². The van der Waals surface area contributed by atoms with E-state index in [1.165, 1.54) is 0 Å². The first kappa shape index (κ1) is 16.1. The summed E-state index contributed by atoms with van der Waals surface area (Å²) in [6.45, 7) is 0. The van der Waals surface area contributed by atoms with Crippen molar-refractivity contribution in [1.82, 2.24) is 10.2 Å². The maximum Gasteiger partial charge on any atom is 0.273 e. The van der Waals surface area contributed by atoms with E-state index in [0.29, 0.717) is 27.1 Å². The molecule has 0 fully saturated rings. The van der Waals surface area contributed by atoms with E-state index in [9.17, 15) is 4.79 Å². The molecule has 0 unspecified atom stereocenters. The van der Waals surface area contributed by atoms with Crippen LogP contribution in [-0.2, 0) is 0 Å². The van der Waals surface area contributed by atoms with Gasteiger partial charge in [0.2, 0.25) is 0 Å². The molecule has 23 heavy (non-hydrogen) atoms. The molecule has 7 heteroatoms. The highest BCUT2D eigenvalue weighted by Crippen LogP contribution is 2.26. The van der Waals surface area contributed by atoms with Gasteiger partial charge in [-0.2, -0.15) is 5.10 Å². The molecule has 4 nitrogen and oxygen atoms in total. The van der Waals surface area contributed by atoms with Gasteiger partial charge in [-0.1, -0.05) is 51.3 Å². The minimum Gasteiger partial charge on any atom is -0.319 e. The van der Waals surface area contributed by atoms with E-state index in [2.05, 4.69) is 31.4 Å². The summed E-state index contributed by atoms with van der Waals surface area (Å²) >= 11 is 15.3. The predicted molar refractivity (Wildman–Crippen MR) is 96.1 cm³/mol. The number of nitrogens with zero attached hydrogens (tertiary/aromatic N) is 1. The molecule has 0 atom stereocenters. The van der Waals surface area contributed by atoms with E-state index in [0.717, 1.165) is 10.0 Å². The molecule has 2 N–H and O–H groups in total. The van der Waals surface area contributed by atoms with E-state index < -0.39 is 0 Å². The Morgan fingerprint density at radius 2 is 1.83 bits per heavy atom. The zero-order valence-electron chi connectivity index (χ0n) is 11.6. The third kappa shape index (κ3) is 3.75. The van der Waals surface area contributed by atoms with Crippen LogP contribution in [0, 0.1) is 0 Å². The Balaban J connectivity index is 1.79. The largest absolute Gasteiger partial charge is 0.319 e. The lowest BCUT2D eigenvalue weighted by atomic mass is 10.1. The fourth-order valence-electron chi connectivity index (χ4n) is 1.99. The Hall–Kier alpha value is -1.82. The molecule has 0 radical (unpaired) electrons. The third-order valence-corrected chi connectivity index (χ3v) is 4.22. The van der Waals surface area contributed by atoms with Gasteiger partial charge in [-0.3, -0.25) is 9.89 Å². The van der Waals surface area contributed by atoms with Gasteiger partial charge in [0.05, 0.1) is 16.4 Å². The Morgan fingerprint density at radius 1 is 1.09 bits per heavy atom. The molecule has 3 rings (SSSR count). The van der Waals surface area contributed by atoms with Crippen molar-refractivity contribution in [2.24, 2.45) is 0 Å². The lowest BCUT2D eigenvalue weighted by Crippen LogP contribution is -2.12. The van der Waals surface area contributed by atoms with Crippen molar-refractivity contribution >= 4 is 50.7 Å². The van der Waals surface area contributed by atoms with Crippen molar-refractivity contribution in [1.29, 1.82) is 0 Å². The van der Waals surface area contributed by atoms with Crippen LogP contribution >= 0.6 is 39.1 Å². The average Bonchev–Trinajstić information content (AvgIpc) is 3.01. The highest BCUT2D eigenvalue weighted by Gasteiger charge is 2.13. The number of rotatable bonds is 3. The zero-order valence-corrected chi connectivity index (χ0v) is 14.7. The lowest BCUT2D eigenvalue weighted by Gasteiger charge is -2.05. The topological polar surface area (TPSA) is 57.8 Å². The summed E-state index contributed by atoms with van der Waals surface area (Å²) < 4.78 is 0.979. The van der Waals surface area contributed by atoms with Gasteiger partial charge in [0.25, 0.3) is 5.91 Å². The van der Waals surface area contributed by atoms with Crippen LogP contribution < -0.4 is 5.32 Å². The van der Waals surface area contributed by atoms with Crippen LogP contribution in [0.2, 0.25) is 10.0 Å². The Morgan fingerprint density at radius 3 is 2.52 bits per heavy atom. The first-order chi connectivity index (χ1) is 11.0. The van der Waals surface area contributed by atoms with Crippen molar-refractivity contribution < 1.29 is 4.79 Å². The lowest BCUT2D eigenvalue weighted by molar-refractivity contribution is 0.102. The summed E-state index contributed by atoms with van der Waals surface area (Å²) in [7, 11) is 0. The monoisotopic (exact) mass is 409 g/mol. The number of aromatic nitrogens is 2. The van der Waals surface area contributed by atoms with Crippen molar-refractivity contribution in [3.05, 3.63) is 68.7 Å². The number of H-pyrrole nitrogens is 1. The average molecular weight is 411 g/mol. The van der Waals surface area contributed by atoms with E-state index >= 15 is 0 Å². The molecular formula is C16H10BrCl2N3O. The molecule has 0 aliphatic rings. The Kier molecular flexibility index (Phi) is 4.71. The summed E-state index contributed by atoms with van der Waals surface area (Å²) in [4.78, 5) is 12.3. The number of carbonyl (C=O) groups is 1. The molecule has 0 bridgehead atoms. The Bertz CT molecular complexity index is 862. The van der Waals surface area contributed by atoms with Crippen molar-refractivity contribution in [2.45, 2.75) is 0 Å². The van der Waals surface area contributed by atoms with Crippen LogP contribution in [0.25, 0.3) is 11.3 Å². The van der Waals surface area contributed by atoms with Crippen molar-refractivity contribution in [3.8, 4) is 11.3 Å². The quantitative estimate of drug-likeness (QED) is 0.607. The van der Waals surface area contributed by atoms with Gasteiger partial charge < -0.3 is 5.32 Å². The summed E-state index contributed by atoms with van der Waals surface area (Å²) in [5, 5.41) is 10.5. The summed E-state index contributed by atoms with van der Waals surface area (Å²) in [6.07, 6.45) is 0. The number of halogens is 3. The van der Waals surface area contributed by atoms with Crippen LogP contribution in [0.3, 0.4) is 0 Å². The second-order valence-electron chi connectivity index (χ2n) is 4.75. The van der Waals surface area contributed by atoms with Crippen molar-refractivity contribution in [3.63, 3.8) is 0 Å². The summed E-state index contributed by atoms with van der Waals surface area (Å²) in [5.41, 5.74) is 2.42. The third-order valence-electron chi connectivity index (χ3n) is 3.14. The first-order valence-electron chi connectivity index (χ1n) is 6.61. The number of nitrogens with one attached hydrogen (secondary N) is 2. The molecule has 0 saturated carbocycles. The number of amides is 1. The van der Waals surface area contributed by atoms with Crippen LogP contribution in [-0.4, -0.2) is 16.1 Å². The van der Waals surface area contributed by atoms with Gasteiger partial charge in [-0.15, -0.1) is 0 Å². The van der Waals surface area contributed by atoms with Gasteiger partial charge in [-0.05, 0) is 36.4 Å². The molecular weight excluding hydrogens is 401 g/mol. The van der Waals surface area contributed by atoms with Crippen LogP contribution in [0.5, 0.6) is 0 Å². The van der Waals surface area contributed by atoms with Gasteiger partial charge >= 0.3 is 0 Å². The van der Waals surface area contributed by atoms with E-state index in [1.54, 1.807) is 24.3 Å². The van der Waals surface area contributed by atoms with E-state index in [-0.39, 0.29) is 5.91 Å². The van der Waals surface area contributed by atoms with Crippen LogP contribution in [0.15, 0.2) is 53.0 Å². The standard InChI is InChI=1S/C16H10BrCl2N3O/c17-10-3-1-9(2-4-10)14-8-15(22-21-14)16(23)20-13-6-5-11(18)7-12(13)19/h1-8H,(H,20,23)(H,21,22). The molecule has 3 aromatic rings. The maximum absolute atomic E-state index is 12.3. The fourth-order valence-corrected chi connectivity index (χ4v) is 2.71. The number of hydrogen-bond acceptors (Lipinski definition) is 2. The second kappa shape index (κ2) is 6.74. The maximum atomic E-state index is 12.3. The number of hydrogen-bond donors (Lipinski definition) is 2. The highest BCUT2D eigenvalue weighted by atomic mass is 79.9. The minimum absolute atomic E-state index is 0.329. The SMILES string of the molecule is O=C(Nc1ccc(Cl)cc1Cl)c1cc(-c2ccc(Br)cc2)n[nH]1. The number of carbonyl (C=O) groups excluding carboxylic acids is 1. The van der Waals surface area contributed by atoms with Gasteiger partial charge in [-0.25, -0.2) is 0 Å². The number of anilines is 1. The summed E-state index contributed by atoms with van der Waals surface area (Å²) in [5.74, 6) is -0.329. The van der Waals surface area contributed by atoms with Crippen molar-refractivity contribution in [2.75, 3.05) is 5.32 Å². The van der Waals surface area contributed by atoms with E-state index in [1.807, 2.05) is 24.3 Å². The molecule has 0 aliphatic heterocycles. The normalized spacial score (nSPS) is 10.6. The molecule has 116 valence electrons. The van der Waals surface area contributed by atoms with Gasteiger partial charge in [0.1, 0.15) is 5.69 Å². The molecule has 0 spiro atoms. The molecule has 1 heterocycles. The second-order valence-corrected chi connectivity index (χ2v) is 6.51. The predicted octanol–water partition coefficient (Wildman–Crippen LogP) is 5.40. The fraction of sp³-hybridized carbons (Fsp3) is 0. The minimum atomic E-state index is -0.329. The van der Waals surface area contributed by atoms with Gasteiger partial charge in [0, 0.05) is 15.1 Å². The summed E-state index contributed by atoms with van der Waals surface area (Å²) in [6, 6.07) is 14.2. The molecule has 0 saturated heterocycles. The smallest absolute Gasteiger partial charge is 0.273 e. The van der Waals surface area contributed by atoms with Crippen LogP contribution in [0.1, 0.15) is 10.5 Å². The molecule has 2 aromatic carbocycles. The Labute approximate surface area is 150 Å². The van der Waals surface area contributed by atoms with E-state index in [4.69, 9.17) is 23.2 Å². The molecule has 1 aromatic heterocycles. The highest BCUT2D eigenvalue weighted by molar-refractivity contribution is 9.10.